The lowest BCUT2D eigenvalue weighted by Crippen LogP contribution is -2.28. The number of ether oxygens (including phenoxy) is 1. The van der Waals surface area contributed by atoms with Gasteiger partial charge in [0, 0.05) is 31.0 Å². The summed E-state index contributed by atoms with van der Waals surface area (Å²) in [4.78, 5) is 15.6. The Bertz CT molecular complexity index is 1430. The summed E-state index contributed by atoms with van der Waals surface area (Å²) < 4.78 is 9.35. The predicted octanol–water partition coefficient (Wildman–Crippen LogP) is 4.71. The number of likely N-dealkylation sites (N-methyl/N-ethyl adjacent to an activating group) is 1. The van der Waals surface area contributed by atoms with Gasteiger partial charge in [-0.15, -0.1) is 11.3 Å². The maximum atomic E-state index is 6.45. The van der Waals surface area contributed by atoms with E-state index in [1.165, 1.54) is 0 Å². The van der Waals surface area contributed by atoms with Gasteiger partial charge in [0.15, 0.2) is 0 Å². The summed E-state index contributed by atoms with van der Waals surface area (Å²) in [6.45, 7) is 2.86. The summed E-state index contributed by atoms with van der Waals surface area (Å²) >= 11 is 1.61. The molecule has 1 N–H and O–H groups in total. The van der Waals surface area contributed by atoms with Crippen LogP contribution in [0.3, 0.4) is 0 Å². The largest absolute Gasteiger partial charge is 0.489 e. The third kappa shape index (κ3) is 4.50. The van der Waals surface area contributed by atoms with Crippen LogP contribution in [0.15, 0.2) is 54.6 Å². The van der Waals surface area contributed by atoms with Gasteiger partial charge >= 0.3 is 0 Å². The molecule has 8 nitrogen and oxygen atoms in total. The van der Waals surface area contributed by atoms with Crippen LogP contribution in [0.4, 0.5) is 11.5 Å². The molecule has 3 aromatic heterocycles. The zero-order valence-corrected chi connectivity index (χ0v) is 19.8. The Hall–Kier alpha value is -3.56. The molecule has 0 spiro atoms. The quantitative estimate of drug-likeness (QED) is 0.377. The van der Waals surface area contributed by atoms with E-state index in [2.05, 4.69) is 49.3 Å². The van der Waals surface area contributed by atoms with Gasteiger partial charge in [-0.2, -0.15) is 5.10 Å². The van der Waals surface area contributed by atoms with Crippen LogP contribution in [-0.4, -0.2) is 56.4 Å². The van der Waals surface area contributed by atoms with Crippen LogP contribution in [0.1, 0.15) is 6.92 Å². The molecule has 1 atom stereocenters. The molecule has 0 aliphatic rings. The number of aromatic nitrogens is 5. The second kappa shape index (κ2) is 8.76. The molecule has 0 radical (unpaired) electrons. The van der Waals surface area contributed by atoms with Crippen LogP contribution in [0.2, 0.25) is 0 Å². The number of hydrogen-bond acceptors (Lipinski definition) is 8. The molecule has 9 heteroatoms. The first-order valence-electron chi connectivity index (χ1n) is 10.7. The van der Waals surface area contributed by atoms with Crippen molar-refractivity contribution in [3.05, 3.63) is 54.6 Å². The van der Waals surface area contributed by atoms with E-state index >= 15 is 0 Å². The molecule has 2 aromatic carbocycles. The standard InChI is InChI=1S/C24H25N7OS/c1-15(11-30(2)3)32-21-8-16(17-10-28-31(4)12-17)7-20-23(21)24(26-13-25-20)29-18-5-6-19-22(9-18)33-14-27-19/h5-10,12-15H,11H2,1-4H3,(H,25,26,29)/t15-/m0/s1. The van der Waals surface area contributed by atoms with E-state index < -0.39 is 0 Å². The van der Waals surface area contributed by atoms with E-state index in [4.69, 9.17) is 4.74 Å². The second-order valence-corrected chi connectivity index (χ2v) is 9.23. The lowest BCUT2D eigenvalue weighted by molar-refractivity contribution is 0.179. The van der Waals surface area contributed by atoms with Crippen molar-refractivity contribution in [2.45, 2.75) is 13.0 Å². The Kier molecular flexibility index (Phi) is 5.65. The van der Waals surface area contributed by atoms with Crippen molar-refractivity contribution in [3.63, 3.8) is 0 Å². The smallest absolute Gasteiger partial charge is 0.145 e. The number of aryl methyl sites for hydroxylation is 1. The number of hydrogen-bond donors (Lipinski definition) is 1. The van der Waals surface area contributed by atoms with Crippen molar-refractivity contribution in [1.82, 2.24) is 29.6 Å². The van der Waals surface area contributed by atoms with Gasteiger partial charge in [0.05, 0.1) is 32.8 Å². The van der Waals surface area contributed by atoms with Gasteiger partial charge in [-0.3, -0.25) is 4.68 Å². The maximum absolute atomic E-state index is 6.45. The maximum Gasteiger partial charge on any atom is 0.145 e. The monoisotopic (exact) mass is 459 g/mol. The highest BCUT2D eigenvalue weighted by Gasteiger charge is 2.17. The van der Waals surface area contributed by atoms with Crippen molar-refractivity contribution < 1.29 is 4.74 Å². The minimum absolute atomic E-state index is 0.0195. The average molecular weight is 460 g/mol. The van der Waals surface area contributed by atoms with Crippen molar-refractivity contribution in [1.29, 1.82) is 0 Å². The van der Waals surface area contributed by atoms with Gasteiger partial charge in [0.25, 0.3) is 0 Å². The molecule has 3 heterocycles. The molecule has 0 amide bonds. The zero-order chi connectivity index (χ0) is 22.9. The van der Waals surface area contributed by atoms with Gasteiger partial charge < -0.3 is 15.0 Å². The van der Waals surface area contributed by atoms with E-state index in [9.17, 15) is 0 Å². The molecule has 0 aliphatic heterocycles. The fraction of sp³-hybridized carbons (Fsp3) is 0.250. The first-order chi connectivity index (χ1) is 16.0. The van der Waals surface area contributed by atoms with Crippen molar-refractivity contribution >= 4 is 44.0 Å². The molecule has 0 bridgehead atoms. The average Bonchev–Trinajstić information content (AvgIpc) is 3.41. The number of anilines is 2. The topological polar surface area (TPSA) is 81.0 Å². The highest BCUT2D eigenvalue weighted by molar-refractivity contribution is 7.16. The normalized spacial score (nSPS) is 12.5. The van der Waals surface area contributed by atoms with Crippen LogP contribution in [0.5, 0.6) is 5.75 Å². The molecule has 168 valence electrons. The van der Waals surface area contributed by atoms with Crippen LogP contribution in [0, 0.1) is 0 Å². The molecule has 5 rings (SSSR count). The van der Waals surface area contributed by atoms with Gasteiger partial charge in [-0.05, 0) is 56.9 Å². The molecular formula is C24H25N7OS. The summed E-state index contributed by atoms with van der Waals surface area (Å²) in [5, 5.41) is 8.63. The van der Waals surface area contributed by atoms with Crippen molar-refractivity contribution in [3.8, 4) is 16.9 Å². The summed E-state index contributed by atoms with van der Waals surface area (Å²) in [6.07, 6.45) is 5.39. The Morgan fingerprint density at radius 3 is 2.76 bits per heavy atom. The minimum atomic E-state index is -0.0195. The van der Waals surface area contributed by atoms with Gasteiger partial charge in [0.2, 0.25) is 0 Å². The Labute approximate surface area is 195 Å². The highest BCUT2D eigenvalue weighted by Crippen LogP contribution is 2.37. The molecule has 0 aliphatic carbocycles. The number of thiazole rings is 1. The number of benzene rings is 2. The van der Waals surface area contributed by atoms with Gasteiger partial charge in [-0.25, -0.2) is 15.0 Å². The van der Waals surface area contributed by atoms with Crippen LogP contribution in [0.25, 0.3) is 32.2 Å². The molecule has 33 heavy (non-hydrogen) atoms. The summed E-state index contributed by atoms with van der Waals surface area (Å²) in [6, 6.07) is 10.2. The molecule has 0 saturated carbocycles. The molecule has 0 fully saturated rings. The zero-order valence-electron chi connectivity index (χ0n) is 19.0. The summed E-state index contributed by atoms with van der Waals surface area (Å²) in [5.74, 6) is 1.44. The first-order valence-corrected chi connectivity index (χ1v) is 11.5. The van der Waals surface area contributed by atoms with Crippen LogP contribution in [-0.2, 0) is 7.05 Å². The molecular weight excluding hydrogens is 434 g/mol. The number of nitrogens with zero attached hydrogens (tertiary/aromatic N) is 6. The number of rotatable bonds is 7. The van der Waals surface area contributed by atoms with Crippen molar-refractivity contribution in [2.24, 2.45) is 7.05 Å². The van der Waals surface area contributed by atoms with E-state index in [-0.39, 0.29) is 6.10 Å². The van der Waals surface area contributed by atoms with E-state index in [0.29, 0.717) is 5.82 Å². The number of fused-ring (bicyclic) bond motifs is 2. The third-order valence-electron chi connectivity index (χ3n) is 5.28. The first kappa shape index (κ1) is 21.3. The van der Waals surface area contributed by atoms with Crippen molar-refractivity contribution in [2.75, 3.05) is 26.0 Å². The lowest BCUT2D eigenvalue weighted by atomic mass is 10.1. The third-order valence-corrected chi connectivity index (χ3v) is 6.08. The van der Waals surface area contributed by atoms with E-state index in [1.807, 2.05) is 57.2 Å². The molecule has 0 saturated heterocycles. The second-order valence-electron chi connectivity index (χ2n) is 8.34. The Morgan fingerprint density at radius 2 is 1.97 bits per heavy atom. The van der Waals surface area contributed by atoms with Crippen LogP contribution >= 0.6 is 11.3 Å². The van der Waals surface area contributed by atoms with Crippen LogP contribution < -0.4 is 10.1 Å². The lowest BCUT2D eigenvalue weighted by Gasteiger charge is -2.21. The number of nitrogens with one attached hydrogen (secondary N) is 1. The molecule has 0 unspecified atom stereocenters. The van der Waals surface area contributed by atoms with Gasteiger partial charge in [-0.1, -0.05) is 0 Å². The summed E-state index contributed by atoms with van der Waals surface area (Å²) in [5.41, 5.74) is 6.59. The van der Waals surface area contributed by atoms with E-state index in [1.54, 1.807) is 22.3 Å². The minimum Gasteiger partial charge on any atom is -0.489 e. The SMILES string of the molecule is C[C@@H](CN(C)C)Oc1cc(-c2cnn(C)c2)cc2ncnc(Nc3ccc4ncsc4c3)c12. The Balaban J connectivity index is 1.61. The van der Waals surface area contributed by atoms with Gasteiger partial charge in [0.1, 0.15) is 24.0 Å². The van der Waals surface area contributed by atoms with E-state index in [0.717, 1.165) is 50.2 Å². The molecule has 5 aromatic rings. The predicted molar refractivity (Wildman–Crippen MR) is 133 cm³/mol. The Morgan fingerprint density at radius 1 is 1.09 bits per heavy atom. The fourth-order valence-electron chi connectivity index (χ4n) is 3.92. The highest BCUT2D eigenvalue weighted by atomic mass is 32.1. The fourth-order valence-corrected chi connectivity index (χ4v) is 4.63. The summed E-state index contributed by atoms with van der Waals surface area (Å²) in [7, 11) is 5.98.